The summed E-state index contributed by atoms with van der Waals surface area (Å²) >= 11 is 0. The third kappa shape index (κ3) is 3.03. The smallest absolute Gasteiger partial charge is 0.0544 e. The average Bonchev–Trinajstić information content (AvgIpc) is 2.34. The van der Waals surface area contributed by atoms with Gasteiger partial charge >= 0.3 is 0 Å². The Morgan fingerprint density at radius 1 is 1.41 bits per heavy atom. The minimum absolute atomic E-state index is 0.468. The number of rotatable bonds is 3. The molecule has 1 aliphatic heterocycles. The number of hydrogen-bond acceptors (Lipinski definition) is 4. The molecule has 1 aliphatic rings. The summed E-state index contributed by atoms with van der Waals surface area (Å²) in [5, 5.41) is 0. The van der Waals surface area contributed by atoms with Gasteiger partial charge in [0.05, 0.1) is 5.69 Å². The molecule has 1 saturated heterocycles. The predicted molar refractivity (Wildman–Crippen MR) is 69.6 cm³/mol. The molecule has 2 unspecified atom stereocenters. The summed E-state index contributed by atoms with van der Waals surface area (Å²) in [6, 6.07) is 7.12. The van der Waals surface area contributed by atoms with Gasteiger partial charge in [-0.2, -0.15) is 0 Å². The first-order valence-corrected chi connectivity index (χ1v) is 6.25. The molecular weight excluding hydrogens is 212 g/mol. The van der Waals surface area contributed by atoms with Crippen LogP contribution in [0.1, 0.15) is 12.6 Å². The zero-order chi connectivity index (χ0) is 12.3. The maximum Gasteiger partial charge on any atom is 0.0544 e. The summed E-state index contributed by atoms with van der Waals surface area (Å²) in [5.74, 6) is 0. The molecule has 2 heterocycles. The summed E-state index contributed by atoms with van der Waals surface area (Å²) in [4.78, 5) is 9.22. The minimum Gasteiger partial charge on any atom is -0.329 e. The zero-order valence-electron chi connectivity index (χ0n) is 10.7. The molecule has 0 spiro atoms. The summed E-state index contributed by atoms with van der Waals surface area (Å²) in [6.07, 6.45) is 1.86. The van der Waals surface area contributed by atoms with Crippen molar-refractivity contribution in [1.82, 2.24) is 14.8 Å². The quantitative estimate of drug-likeness (QED) is 0.829. The van der Waals surface area contributed by atoms with E-state index in [-0.39, 0.29) is 0 Å². The Bertz CT molecular complexity index is 341. The molecule has 0 radical (unpaired) electrons. The summed E-state index contributed by atoms with van der Waals surface area (Å²) < 4.78 is 0. The van der Waals surface area contributed by atoms with Crippen LogP contribution in [0.15, 0.2) is 24.4 Å². The molecule has 1 aromatic heterocycles. The van der Waals surface area contributed by atoms with Crippen LogP contribution in [-0.2, 0) is 6.54 Å². The molecular formula is C13H22N4. The number of nitrogens with zero attached hydrogens (tertiary/aromatic N) is 3. The molecule has 0 aliphatic carbocycles. The van der Waals surface area contributed by atoms with Crippen molar-refractivity contribution in [3.8, 4) is 0 Å². The van der Waals surface area contributed by atoms with E-state index < -0.39 is 0 Å². The van der Waals surface area contributed by atoms with Crippen molar-refractivity contribution in [2.45, 2.75) is 25.6 Å². The Morgan fingerprint density at radius 3 is 2.88 bits per heavy atom. The van der Waals surface area contributed by atoms with Gasteiger partial charge in [-0.05, 0) is 26.1 Å². The Kier molecular flexibility index (Phi) is 4.10. The second-order valence-corrected chi connectivity index (χ2v) is 4.93. The molecule has 4 heteroatoms. The molecule has 0 bridgehead atoms. The van der Waals surface area contributed by atoms with Gasteiger partial charge in [0, 0.05) is 44.5 Å². The Morgan fingerprint density at radius 2 is 2.24 bits per heavy atom. The zero-order valence-corrected chi connectivity index (χ0v) is 10.7. The number of nitrogens with two attached hydrogens (primary N) is 1. The number of piperazine rings is 1. The van der Waals surface area contributed by atoms with E-state index in [1.54, 1.807) is 0 Å². The summed E-state index contributed by atoms with van der Waals surface area (Å²) in [7, 11) is 2.16. The third-order valence-electron chi connectivity index (χ3n) is 3.61. The molecule has 0 saturated carbocycles. The van der Waals surface area contributed by atoms with Gasteiger partial charge in [0.25, 0.3) is 0 Å². The number of aromatic nitrogens is 1. The van der Waals surface area contributed by atoms with Crippen molar-refractivity contribution < 1.29 is 0 Å². The van der Waals surface area contributed by atoms with Crippen molar-refractivity contribution >= 4 is 0 Å². The largest absolute Gasteiger partial charge is 0.329 e. The standard InChI is InChI=1S/C13H22N4/c1-11-8-16(2)13(7-14)10-17(11)9-12-5-3-4-6-15-12/h3-6,11,13H,7-10,14H2,1-2H3. The normalized spacial score (nSPS) is 27.2. The maximum absolute atomic E-state index is 5.81. The van der Waals surface area contributed by atoms with Crippen molar-refractivity contribution in [2.75, 3.05) is 26.7 Å². The molecule has 2 atom stereocenters. The van der Waals surface area contributed by atoms with Crippen LogP contribution in [-0.4, -0.2) is 53.5 Å². The molecule has 17 heavy (non-hydrogen) atoms. The first-order valence-electron chi connectivity index (χ1n) is 6.25. The molecule has 0 amide bonds. The molecule has 4 nitrogen and oxygen atoms in total. The van der Waals surface area contributed by atoms with Crippen LogP contribution in [0.3, 0.4) is 0 Å². The lowest BCUT2D eigenvalue weighted by Gasteiger charge is -2.43. The van der Waals surface area contributed by atoms with Crippen molar-refractivity contribution in [3.05, 3.63) is 30.1 Å². The van der Waals surface area contributed by atoms with Gasteiger partial charge in [0.1, 0.15) is 0 Å². The van der Waals surface area contributed by atoms with Gasteiger partial charge < -0.3 is 5.73 Å². The first-order chi connectivity index (χ1) is 8.20. The second-order valence-electron chi connectivity index (χ2n) is 4.93. The van der Waals surface area contributed by atoms with Gasteiger partial charge in [0.15, 0.2) is 0 Å². The highest BCUT2D eigenvalue weighted by Gasteiger charge is 2.28. The van der Waals surface area contributed by atoms with E-state index in [0.29, 0.717) is 12.1 Å². The van der Waals surface area contributed by atoms with Crippen LogP contribution in [0.4, 0.5) is 0 Å². The number of pyridine rings is 1. The van der Waals surface area contributed by atoms with Crippen LogP contribution < -0.4 is 5.73 Å². The summed E-state index contributed by atoms with van der Waals surface area (Å²) in [6.45, 7) is 6.03. The summed E-state index contributed by atoms with van der Waals surface area (Å²) in [5.41, 5.74) is 6.95. The highest BCUT2D eigenvalue weighted by Crippen LogP contribution is 2.15. The lowest BCUT2D eigenvalue weighted by atomic mass is 10.1. The van der Waals surface area contributed by atoms with E-state index >= 15 is 0 Å². The monoisotopic (exact) mass is 234 g/mol. The highest BCUT2D eigenvalue weighted by atomic mass is 15.3. The van der Waals surface area contributed by atoms with E-state index in [2.05, 4.69) is 34.8 Å². The van der Waals surface area contributed by atoms with Crippen LogP contribution in [0.5, 0.6) is 0 Å². The van der Waals surface area contributed by atoms with E-state index in [1.165, 1.54) is 0 Å². The Labute approximate surface area is 103 Å². The SMILES string of the molecule is CC1CN(C)C(CN)CN1Cc1ccccn1. The lowest BCUT2D eigenvalue weighted by Crippen LogP contribution is -2.57. The van der Waals surface area contributed by atoms with E-state index in [4.69, 9.17) is 5.73 Å². The van der Waals surface area contributed by atoms with Gasteiger partial charge in [-0.15, -0.1) is 0 Å². The van der Waals surface area contributed by atoms with Gasteiger partial charge in [-0.25, -0.2) is 0 Å². The fourth-order valence-electron chi connectivity index (χ4n) is 2.45. The minimum atomic E-state index is 0.468. The fraction of sp³-hybridized carbons (Fsp3) is 0.615. The van der Waals surface area contributed by atoms with Crippen molar-refractivity contribution in [2.24, 2.45) is 5.73 Å². The third-order valence-corrected chi connectivity index (χ3v) is 3.61. The Hall–Kier alpha value is -0.970. The predicted octanol–water partition coefficient (Wildman–Crippen LogP) is 0.545. The van der Waals surface area contributed by atoms with Gasteiger partial charge in [-0.1, -0.05) is 6.07 Å². The lowest BCUT2D eigenvalue weighted by molar-refractivity contribution is 0.0496. The van der Waals surface area contributed by atoms with Crippen molar-refractivity contribution in [3.63, 3.8) is 0 Å². The first kappa shape index (κ1) is 12.5. The maximum atomic E-state index is 5.81. The van der Waals surface area contributed by atoms with E-state index in [0.717, 1.165) is 31.9 Å². The molecule has 2 N–H and O–H groups in total. The van der Waals surface area contributed by atoms with Gasteiger partial charge in [-0.3, -0.25) is 14.8 Å². The van der Waals surface area contributed by atoms with Crippen LogP contribution in [0.25, 0.3) is 0 Å². The molecule has 2 rings (SSSR count). The van der Waals surface area contributed by atoms with Crippen LogP contribution >= 0.6 is 0 Å². The van der Waals surface area contributed by atoms with E-state index in [9.17, 15) is 0 Å². The molecule has 94 valence electrons. The highest BCUT2D eigenvalue weighted by molar-refractivity contribution is 5.04. The van der Waals surface area contributed by atoms with Crippen LogP contribution in [0.2, 0.25) is 0 Å². The average molecular weight is 234 g/mol. The van der Waals surface area contributed by atoms with Crippen molar-refractivity contribution in [1.29, 1.82) is 0 Å². The molecule has 1 fully saturated rings. The Balaban J connectivity index is 2.00. The second kappa shape index (κ2) is 5.58. The fourth-order valence-corrected chi connectivity index (χ4v) is 2.45. The van der Waals surface area contributed by atoms with E-state index in [1.807, 2.05) is 18.3 Å². The molecule has 1 aromatic rings. The van der Waals surface area contributed by atoms with Gasteiger partial charge in [0.2, 0.25) is 0 Å². The molecule has 0 aromatic carbocycles. The van der Waals surface area contributed by atoms with Crippen LogP contribution in [0, 0.1) is 0 Å². The number of hydrogen-bond donors (Lipinski definition) is 1. The number of likely N-dealkylation sites (N-methyl/N-ethyl adjacent to an activating group) is 1. The topological polar surface area (TPSA) is 45.4 Å².